The van der Waals surface area contributed by atoms with Gasteiger partial charge < -0.3 is 10.8 Å². The number of benzene rings is 1. The Labute approximate surface area is 141 Å². The average Bonchev–Trinajstić information content (AvgIpc) is 2.47. The van der Waals surface area contributed by atoms with Crippen molar-refractivity contribution < 1.29 is 23.1 Å². The van der Waals surface area contributed by atoms with Crippen LogP contribution < -0.4 is 5.73 Å². The van der Waals surface area contributed by atoms with E-state index in [9.17, 15) is 18.0 Å². The molecule has 1 unspecified atom stereocenters. The highest BCUT2D eigenvalue weighted by Gasteiger charge is 2.35. The first-order valence-corrected chi connectivity index (χ1v) is 8.42. The third-order valence-corrected chi connectivity index (χ3v) is 4.21. The first-order chi connectivity index (χ1) is 11.2. The highest BCUT2D eigenvalue weighted by Crippen LogP contribution is 2.40. The zero-order valence-electron chi connectivity index (χ0n) is 14.2. The maximum atomic E-state index is 13.2. The minimum atomic E-state index is -4.46. The summed E-state index contributed by atoms with van der Waals surface area (Å²) in [6.07, 6.45) is -0.424. The van der Waals surface area contributed by atoms with E-state index in [0.29, 0.717) is 18.4 Å². The van der Waals surface area contributed by atoms with Crippen LogP contribution in [0.2, 0.25) is 0 Å². The highest BCUT2D eigenvalue weighted by atomic mass is 19.4. The Balaban J connectivity index is 3.27. The second kappa shape index (κ2) is 8.94. The number of aliphatic carboxylic acids is 1. The fourth-order valence-corrected chi connectivity index (χ4v) is 3.04. The van der Waals surface area contributed by atoms with Gasteiger partial charge in [0.25, 0.3) is 0 Å². The lowest BCUT2D eigenvalue weighted by Gasteiger charge is -2.22. The number of nitrogens with two attached hydrogens (primary N) is 1. The largest absolute Gasteiger partial charge is 0.481 e. The van der Waals surface area contributed by atoms with Gasteiger partial charge in [0, 0.05) is 5.69 Å². The van der Waals surface area contributed by atoms with E-state index in [2.05, 4.69) is 0 Å². The Hall–Kier alpha value is -1.72. The molecule has 24 heavy (non-hydrogen) atoms. The maximum absolute atomic E-state index is 13.2. The molecule has 0 aromatic heterocycles. The number of unbranched alkanes of at least 4 members (excludes halogenated alkanes) is 2. The Bertz CT molecular complexity index is 556. The average molecular weight is 345 g/mol. The molecule has 3 N–H and O–H groups in total. The maximum Gasteiger partial charge on any atom is 0.416 e. The van der Waals surface area contributed by atoms with E-state index >= 15 is 0 Å². The molecule has 3 nitrogen and oxygen atoms in total. The normalized spacial score (nSPS) is 13.0. The lowest BCUT2D eigenvalue weighted by atomic mass is 9.85. The van der Waals surface area contributed by atoms with Gasteiger partial charge in [-0.05, 0) is 36.0 Å². The molecule has 0 fully saturated rings. The molecular formula is C18H26F3NO2. The number of nitrogen functional groups attached to an aromatic ring is 1. The SMILES string of the molecule is CCCCCC(CC(=O)O)c1ccc(C(F)(F)F)c(CCC)c1N. The van der Waals surface area contributed by atoms with E-state index in [1.807, 2.05) is 6.92 Å². The summed E-state index contributed by atoms with van der Waals surface area (Å²) in [6, 6.07) is 2.40. The third kappa shape index (κ3) is 5.42. The summed E-state index contributed by atoms with van der Waals surface area (Å²) >= 11 is 0. The van der Waals surface area contributed by atoms with Crippen molar-refractivity contribution in [3.63, 3.8) is 0 Å². The van der Waals surface area contributed by atoms with Gasteiger partial charge >= 0.3 is 12.1 Å². The molecular weight excluding hydrogens is 319 g/mol. The van der Waals surface area contributed by atoms with Crippen LogP contribution in [0.15, 0.2) is 12.1 Å². The van der Waals surface area contributed by atoms with E-state index < -0.39 is 17.7 Å². The van der Waals surface area contributed by atoms with Crippen LogP contribution in [0.3, 0.4) is 0 Å². The molecule has 0 saturated heterocycles. The fraction of sp³-hybridized carbons (Fsp3) is 0.611. The molecule has 1 aromatic carbocycles. The molecule has 0 aliphatic carbocycles. The van der Waals surface area contributed by atoms with E-state index in [-0.39, 0.29) is 30.0 Å². The van der Waals surface area contributed by atoms with Crippen LogP contribution in [-0.4, -0.2) is 11.1 Å². The standard InChI is InChI=1S/C18H26F3NO2/c1-3-5-6-8-12(11-16(23)24)13-9-10-15(18(19,20)21)14(7-4-2)17(13)22/h9-10,12H,3-8,11,22H2,1-2H3,(H,23,24). The van der Waals surface area contributed by atoms with E-state index in [4.69, 9.17) is 10.8 Å². The molecule has 0 aliphatic rings. The quantitative estimate of drug-likeness (QED) is 0.466. The number of hydrogen-bond acceptors (Lipinski definition) is 2. The lowest BCUT2D eigenvalue weighted by molar-refractivity contribution is -0.139. The van der Waals surface area contributed by atoms with Gasteiger partial charge in [0.1, 0.15) is 0 Å². The number of rotatable bonds is 9. The van der Waals surface area contributed by atoms with Gasteiger partial charge in [0.05, 0.1) is 12.0 Å². The number of halogens is 3. The number of carboxylic acids is 1. The Morgan fingerprint density at radius 2 is 1.88 bits per heavy atom. The zero-order valence-corrected chi connectivity index (χ0v) is 14.2. The molecule has 0 saturated carbocycles. The molecule has 0 radical (unpaired) electrons. The number of hydrogen-bond donors (Lipinski definition) is 2. The van der Waals surface area contributed by atoms with Crippen molar-refractivity contribution in [1.29, 1.82) is 0 Å². The van der Waals surface area contributed by atoms with Gasteiger partial charge in [-0.15, -0.1) is 0 Å². The smallest absolute Gasteiger partial charge is 0.416 e. The first-order valence-electron chi connectivity index (χ1n) is 8.42. The molecule has 0 bridgehead atoms. The Kier molecular flexibility index (Phi) is 7.58. The lowest BCUT2D eigenvalue weighted by Crippen LogP contribution is -2.15. The van der Waals surface area contributed by atoms with E-state index in [1.54, 1.807) is 6.92 Å². The molecule has 0 aliphatic heterocycles. The summed E-state index contributed by atoms with van der Waals surface area (Å²) in [6.45, 7) is 3.83. The van der Waals surface area contributed by atoms with Crippen LogP contribution in [0, 0.1) is 0 Å². The molecule has 1 atom stereocenters. The summed E-state index contributed by atoms with van der Waals surface area (Å²) in [7, 11) is 0. The van der Waals surface area contributed by atoms with Crippen molar-refractivity contribution in [1.82, 2.24) is 0 Å². The number of anilines is 1. The summed E-state index contributed by atoms with van der Waals surface area (Å²) in [5.41, 5.74) is 6.07. The zero-order chi connectivity index (χ0) is 18.3. The number of carboxylic acid groups (broad SMARTS) is 1. The topological polar surface area (TPSA) is 63.3 Å². The molecule has 6 heteroatoms. The summed E-state index contributed by atoms with van der Waals surface area (Å²) < 4.78 is 39.6. The van der Waals surface area contributed by atoms with Crippen LogP contribution in [0.5, 0.6) is 0 Å². The van der Waals surface area contributed by atoms with Crippen molar-refractivity contribution >= 4 is 11.7 Å². The van der Waals surface area contributed by atoms with Crippen LogP contribution >= 0.6 is 0 Å². The molecule has 0 amide bonds. The van der Waals surface area contributed by atoms with E-state index in [1.165, 1.54) is 6.07 Å². The summed E-state index contributed by atoms with van der Waals surface area (Å²) in [5, 5.41) is 9.13. The van der Waals surface area contributed by atoms with Crippen molar-refractivity contribution in [2.24, 2.45) is 0 Å². The Morgan fingerprint density at radius 3 is 2.38 bits per heavy atom. The predicted molar refractivity (Wildman–Crippen MR) is 89.0 cm³/mol. The minimum Gasteiger partial charge on any atom is -0.481 e. The fourth-order valence-electron chi connectivity index (χ4n) is 3.04. The van der Waals surface area contributed by atoms with Gasteiger partial charge in [0.2, 0.25) is 0 Å². The Morgan fingerprint density at radius 1 is 1.21 bits per heavy atom. The molecule has 1 aromatic rings. The van der Waals surface area contributed by atoms with Crippen LogP contribution in [-0.2, 0) is 17.4 Å². The highest BCUT2D eigenvalue weighted by molar-refractivity contribution is 5.69. The summed E-state index contributed by atoms with van der Waals surface area (Å²) in [4.78, 5) is 11.1. The predicted octanol–water partition coefficient (Wildman–Crippen LogP) is 5.38. The second-order valence-electron chi connectivity index (χ2n) is 6.13. The van der Waals surface area contributed by atoms with Crippen molar-refractivity contribution in [3.8, 4) is 0 Å². The molecule has 136 valence electrons. The van der Waals surface area contributed by atoms with E-state index in [0.717, 1.165) is 25.3 Å². The van der Waals surface area contributed by atoms with Gasteiger partial charge in [0.15, 0.2) is 0 Å². The number of alkyl halides is 3. The van der Waals surface area contributed by atoms with Gasteiger partial charge in [-0.2, -0.15) is 13.2 Å². The van der Waals surface area contributed by atoms with Crippen molar-refractivity contribution in [2.75, 3.05) is 5.73 Å². The molecule has 0 spiro atoms. The van der Waals surface area contributed by atoms with Crippen LogP contribution in [0.4, 0.5) is 18.9 Å². The van der Waals surface area contributed by atoms with Gasteiger partial charge in [-0.1, -0.05) is 45.6 Å². The summed E-state index contributed by atoms with van der Waals surface area (Å²) in [5.74, 6) is -1.32. The third-order valence-electron chi connectivity index (χ3n) is 4.21. The molecule has 0 heterocycles. The van der Waals surface area contributed by atoms with Crippen molar-refractivity contribution in [3.05, 3.63) is 28.8 Å². The van der Waals surface area contributed by atoms with Gasteiger partial charge in [-0.3, -0.25) is 4.79 Å². The van der Waals surface area contributed by atoms with Crippen LogP contribution in [0.25, 0.3) is 0 Å². The molecule has 1 rings (SSSR count). The van der Waals surface area contributed by atoms with Gasteiger partial charge in [-0.25, -0.2) is 0 Å². The minimum absolute atomic E-state index is 0.0911. The number of carbonyl (C=O) groups is 1. The van der Waals surface area contributed by atoms with Crippen molar-refractivity contribution in [2.45, 2.75) is 70.9 Å². The monoisotopic (exact) mass is 345 g/mol. The first kappa shape index (κ1) is 20.3. The second-order valence-corrected chi connectivity index (χ2v) is 6.13. The van der Waals surface area contributed by atoms with Crippen LogP contribution in [0.1, 0.15) is 75.0 Å².